The molecule has 1 fully saturated rings. The number of hydrogen-bond acceptors (Lipinski definition) is 3. The fourth-order valence-electron chi connectivity index (χ4n) is 6.20. The molecule has 0 bridgehead atoms. The number of benzene rings is 2. The maximum atomic E-state index is 12.2. The van der Waals surface area contributed by atoms with Crippen LogP contribution < -0.4 is 0 Å². The molecule has 4 rings (SSSR count). The predicted octanol–water partition coefficient (Wildman–Crippen LogP) is 6.46. The zero-order valence-corrected chi connectivity index (χ0v) is 19.7. The monoisotopic (exact) mass is 433 g/mol. The van der Waals surface area contributed by atoms with E-state index in [-0.39, 0.29) is 11.3 Å². The molecule has 0 radical (unpaired) electrons. The van der Waals surface area contributed by atoms with Gasteiger partial charge in [0.2, 0.25) is 0 Å². The van der Waals surface area contributed by atoms with Crippen LogP contribution in [0.25, 0.3) is 0 Å². The molecule has 0 aromatic heterocycles. The average Bonchev–Trinajstić information content (AvgIpc) is 2.77. The van der Waals surface area contributed by atoms with Gasteiger partial charge in [0.05, 0.1) is 11.6 Å². The van der Waals surface area contributed by atoms with Crippen LogP contribution in [0.1, 0.15) is 87.1 Å². The van der Waals surface area contributed by atoms with Gasteiger partial charge in [-0.15, -0.1) is 0 Å². The van der Waals surface area contributed by atoms with Crippen molar-refractivity contribution in [2.75, 3.05) is 0 Å². The lowest BCUT2D eigenvalue weighted by Gasteiger charge is -2.53. The minimum absolute atomic E-state index is 0.123. The molecular weight excluding hydrogens is 398 g/mol. The number of fused-ring (bicyclic) bond motifs is 3. The second-order valence-corrected chi connectivity index (χ2v) is 10.4. The SMILES string of the molecule is CC(C)c1cc2c(cc1/C=N/OCc1ccccc1)[C@@]1(C)CCC[C@@](C)(C(=O)O)C1CC2. The number of aliphatic carboxylic acids is 1. The molecule has 0 saturated heterocycles. The van der Waals surface area contributed by atoms with Gasteiger partial charge < -0.3 is 9.94 Å². The van der Waals surface area contributed by atoms with Crippen molar-refractivity contribution >= 4 is 12.2 Å². The number of nitrogens with zero attached hydrogens (tertiary/aromatic N) is 1. The lowest BCUT2D eigenvalue weighted by molar-refractivity contribution is -0.157. The molecule has 0 amide bonds. The van der Waals surface area contributed by atoms with Gasteiger partial charge in [-0.25, -0.2) is 0 Å². The van der Waals surface area contributed by atoms with Crippen molar-refractivity contribution in [1.82, 2.24) is 0 Å². The molecule has 1 N–H and O–H groups in total. The molecule has 4 nitrogen and oxygen atoms in total. The summed E-state index contributed by atoms with van der Waals surface area (Å²) < 4.78 is 0. The number of oxime groups is 1. The van der Waals surface area contributed by atoms with Crippen LogP contribution in [0.5, 0.6) is 0 Å². The van der Waals surface area contributed by atoms with Crippen molar-refractivity contribution in [3.8, 4) is 0 Å². The Morgan fingerprint density at radius 1 is 1.22 bits per heavy atom. The lowest BCUT2D eigenvalue weighted by Crippen LogP contribution is -2.52. The van der Waals surface area contributed by atoms with Gasteiger partial charge in [-0.3, -0.25) is 4.79 Å². The Hall–Kier alpha value is -2.62. The molecule has 32 heavy (non-hydrogen) atoms. The largest absolute Gasteiger partial charge is 0.481 e. The van der Waals surface area contributed by atoms with Crippen molar-refractivity contribution in [2.24, 2.45) is 16.5 Å². The summed E-state index contributed by atoms with van der Waals surface area (Å²) in [6, 6.07) is 14.6. The number of aryl methyl sites for hydroxylation is 1. The maximum Gasteiger partial charge on any atom is 0.309 e. The molecule has 1 unspecified atom stereocenters. The molecule has 2 aliphatic carbocycles. The zero-order valence-electron chi connectivity index (χ0n) is 19.7. The van der Waals surface area contributed by atoms with Crippen LogP contribution >= 0.6 is 0 Å². The standard InChI is InChI=1S/C28H35NO3/c1-19(2)23-15-21-11-12-25-27(3,13-8-14-28(25,4)26(30)31)24(21)16-22(23)17-29-32-18-20-9-6-5-7-10-20/h5-7,9-10,15-17,19,25H,8,11-14,18H2,1-4H3,(H,30,31)/b29-17+/t25?,27-,28-/m1/s1. The Morgan fingerprint density at radius 3 is 2.66 bits per heavy atom. The second kappa shape index (κ2) is 8.73. The molecule has 1 saturated carbocycles. The summed E-state index contributed by atoms with van der Waals surface area (Å²) in [5.74, 6) is -0.124. The van der Waals surface area contributed by atoms with Crippen LogP contribution in [-0.4, -0.2) is 17.3 Å². The highest BCUT2D eigenvalue weighted by Gasteiger charge is 2.55. The number of carboxylic acid groups (broad SMARTS) is 1. The van der Waals surface area contributed by atoms with Gasteiger partial charge in [-0.1, -0.05) is 68.7 Å². The van der Waals surface area contributed by atoms with Crippen LogP contribution in [0.15, 0.2) is 47.6 Å². The topological polar surface area (TPSA) is 58.9 Å². The smallest absolute Gasteiger partial charge is 0.309 e. The third-order valence-electron chi connectivity index (χ3n) is 8.01. The van der Waals surface area contributed by atoms with Crippen molar-refractivity contribution < 1.29 is 14.7 Å². The van der Waals surface area contributed by atoms with Gasteiger partial charge in [0.15, 0.2) is 0 Å². The highest BCUT2D eigenvalue weighted by atomic mass is 16.6. The van der Waals surface area contributed by atoms with Crippen molar-refractivity contribution in [3.63, 3.8) is 0 Å². The number of carboxylic acids is 1. The molecule has 0 spiro atoms. The van der Waals surface area contributed by atoms with Crippen LogP contribution in [-0.2, 0) is 28.1 Å². The quantitative estimate of drug-likeness (QED) is 0.420. The van der Waals surface area contributed by atoms with Gasteiger partial charge >= 0.3 is 5.97 Å². The first-order valence-corrected chi connectivity index (χ1v) is 11.9. The van der Waals surface area contributed by atoms with E-state index in [4.69, 9.17) is 4.84 Å². The molecular formula is C28H35NO3. The summed E-state index contributed by atoms with van der Waals surface area (Å²) in [7, 11) is 0. The Balaban J connectivity index is 1.67. The van der Waals surface area contributed by atoms with E-state index < -0.39 is 11.4 Å². The minimum Gasteiger partial charge on any atom is -0.481 e. The number of carbonyl (C=O) groups is 1. The minimum atomic E-state index is -0.658. The summed E-state index contributed by atoms with van der Waals surface area (Å²) in [6.07, 6.45) is 6.48. The predicted molar refractivity (Wildman–Crippen MR) is 128 cm³/mol. The van der Waals surface area contributed by atoms with Crippen LogP contribution in [0, 0.1) is 11.3 Å². The van der Waals surface area contributed by atoms with E-state index >= 15 is 0 Å². The van der Waals surface area contributed by atoms with Gasteiger partial charge in [-0.2, -0.15) is 0 Å². The molecule has 0 aliphatic heterocycles. The highest BCUT2D eigenvalue weighted by molar-refractivity contribution is 5.83. The van der Waals surface area contributed by atoms with E-state index in [9.17, 15) is 9.90 Å². The van der Waals surface area contributed by atoms with E-state index in [1.54, 1.807) is 0 Å². The van der Waals surface area contributed by atoms with Crippen molar-refractivity contribution in [3.05, 3.63) is 70.3 Å². The lowest BCUT2D eigenvalue weighted by atomic mass is 9.49. The van der Waals surface area contributed by atoms with Crippen LogP contribution in [0.3, 0.4) is 0 Å². The normalized spacial score (nSPS) is 27.2. The Labute approximate surface area is 191 Å². The van der Waals surface area contributed by atoms with E-state index in [0.717, 1.165) is 43.2 Å². The first kappa shape index (κ1) is 22.6. The molecule has 0 heterocycles. The van der Waals surface area contributed by atoms with E-state index in [2.05, 4.69) is 38.1 Å². The van der Waals surface area contributed by atoms with Crippen LogP contribution in [0.2, 0.25) is 0 Å². The molecule has 2 aromatic carbocycles. The fourth-order valence-corrected chi connectivity index (χ4v) is 6.20. The van der Waals surface area contributed by atoms with Gasteiger partial charge in [0.25, 0.3) is 0 Å². The van der Waals surface area contributed by atoms with Crippen LogP contribution in [0.4, 0.5) is 0 Å². The summed E-state index contributed by atoms with van der Waals surface area (Å²) in [5, 5.41) is 14.4. The third kappa shape index (κ3) is 3.96. The summed E-state index contributed by atoms with van der Waals surface area (Å²) in [5.41, 5.74) is 5.35. The number of hydrogen-bond donors (Lipinski definition) is 1. The Kier molecular flexibility index (Phi) is 6.15. The average molecular weight is 434 g/mol. The summed E-state index contributed by atoms with van der Waals surface area (Å²) in [4.78, 5) is 17.8. The molecule has 4 heteroatoms. The molecule has 2 aromatic rings. The summed E-state index contributed by atoms with van der Waals surface area (Å²) >= 11 is 0. The van der Waals surface area contributed by atoms with Crippen molar-refractivity contribution in [1.29, 1.82) is 0 Å². The van der Waals surface area contributed by atoms with Gasteiger partial charge in [0, 0.05) is 0 Å². The van der Waals surface area contributed by atoms with Crippen molar-refractivity contribution in [2.45, 2.75) is 77.7 Å². The van der Waals surface area contributed by atoms with E-state index in [1.807, 2.05) is 43.5 Å². The zero-order chi connectivity index (χ0) is 22.9. The molecule has 3 atom stereocenters. The fraction of sp³-hybridized carbons (Fsp3) is 0.500. The maximum absolute atomic E-state index is 12.2. The first-order chi connectivity index (χ1) is 15.3. The third-order valence-corrected chi connectivity index (χ3v) is 8.01. The molecule has 170 valence electrons. The molecule has 2 aliphatic rings. The Morgan fingerprint density at radius 2 is 1.97 bits per heavy atom. The van der Waals surface area contributed by atoms with E-state index in [1.165, 1.54) is 16.7 Å². The Bertz CT molecular complexity index is 1010. The van der Waals surface area contributed by atoms with Gasteiger partial charge in [-0.05, 0) is 83.7 Å². The first-order valence-electron chi connectivity index (χ1n) is 11.9. The van der Waals surface area contributed by atoms with Gasteiger partial charge in [0.1, 0.15) is 6.61 Å². The van der Waals surface area contributed by atoms with E-state index in [0.29, 0.717) is 12.5 Å². The summed E-state index contributed by atoms with van der Waals surface area (Å²) in [6.45, 7) is 9.11. The highest BCUT2D eigenvalue weighted by Crippen LogP contribution is 2.57. The second-order valence-electron chi connectivity index (χ2n) is 10.4. The number of rotatable bonds is 6.